The molecule has 2 nitrogen and oxygen atoms in total. The molecule has 13 heavy (non-hydrogen) atoms. The minimum absolute atomic E-state index is 0.252. The fourth-order valence-electron chi connectivity index (χ4n) is 1.01. The van der Waals surface area contributed by atoms with Gasteiger partial charge in [-0.2, -0.15) is 0 Å². The number of nitrogens with two attached hydrogens (primary N) is 1. The molecule has 0 spiro atoms. The van der Waals surface area contributed by atoms with E-state index in [1.807, 2.05) is 22.6 Å². The van der Waals surface area contributed by atoms with Crippen molar-refractivity contribution in [3.8, 4) is 5.75 Å². The average molecular weight is 293 g/mol. The second-order valence-electron chi connectivity index (χ2n) is 3.12. The van der Waals surface area contributed by atoms with E-state index >= 15 is 0 Å². The van der Waals surface area contributed by atoms with Crippen LogP contribution in [0.3, 0.4) is 0 Å². The van der Waals surface area contributed by atoms with Gasteiger partial charge in [0, 0.05) is 6.07 Å². The largest absolute Gasteiger partial charge is 0.488 e. The molecule has 2 rings (SSSR count). The van der Waals surface area contributed by atoms with Crippen molar-refractivity contribution in [3.63, 3.8) is 0 Å². The third kappa shape index (κ3) is 2.04. The molecule has 0 bridgehead atoms. The summed E-state index contributed by atoms with van der Waals surface area (Å²) in [5.41, 5.74) is 6.18. The van der Waals surface area contributed by atoms with Crippen LogP contribution >= 0.6 is 22.6 Å². The Labute approximate surface area is 89.4 Å². The highest BCUT2D eigenvalue weighted by molar-refractivity contribution is 14.1. The Morgan fingerprint density at radius 1 is 1.46 bits per heavy atom. The van der Waals surface area contributed by atoms with Crippen molar-refractivity contribution in [3.05, 3.63) is 21.5 Å². The summed E-state index contributed by atoms with van der Waals surface area (Å²) in [4.78, 5) is 0. The molecule has 70 valence electrons. The maximum atomic E-state index is 13.1. The molecule has 1 aromatic carbocycles. The van der Waals surface area contributed by atoms with Gasteiger partial charge >= 0.3 is 0 Å². The monoisotopic (exact) mass is 293 g/mol. The number of anilines is 1. The number of hydrogen-bond acceptors (Lipinski definition) is 2. The van der Waals surface area contributed by atoms with Crippen LogP contribution in [0, 0.1) is 9.39 Å². The van der Waals surface area contributed by atoms with E-state index in [0.717, 1.165) is 12.8 Å². The minimum atomic E-state index is -0.273. The van der Waals surface area contributed by atoms with E-state index in [-0.39, 0.29) is 11.9 Å². The van der Waals surface area contributed by atoms with Crippen LogP contribution in [0.25, 0.3) is 0 Å². The van der Waals surface area contributed by atoms with E-state index < -0.39 is 0 Å². The van der Waals surface area contributed by atoms with E-state index in [4.69, 9.17) is 10.5 Å². The molecule has 1 saturated carbocycles. The number of nitrogen functional groups attached to an aromatic ring is 1. The van der Waals surface area contributed by atoms with Gasteiger partial charge in [0.2, 0.25) is 0 Å². The van der Waals surface area contributed by atoms with E-state index in [9.17, 15) is 4.39 Å². The molecule has 0 saturated heterocycles. The average Bonchev–Trinajstić information content (AvgIpc) is 2.84. The fourth-order valence-corrected chi connectivity index (χ4v) is 1.50. The van der Waals surface area contributed by atoms with Crippen molar-refractivity contribution >= 4 is 28.3 Å². The zero-order chi connectivity index (χ0) is 9.42. The second-order valence-corrected chi connectivity index (χ2v) is 4.28. The van der Waals surface area contributed by atoms with Crippen LogP contribution < -0.4 is 10.5 Å². The molecule has 0 unspecified atom stereocenters. The Kier molecular flexibility index (Phi) is 2.31. The molecule has 1 aliphatic carbocycles. The third-order valence-electron chi connectivity index (χ3n) is 1.87. The van der Waals surface area contributed by atoms with Crippen molar-refractivity contribution < 1.29 is 9.13 Å². The lowest BCUT2D eigenvalue weighted by atomic mass is 10.3. The SMILES string of the molecule is Nc1cc(I)c(F)cc1OC1CC1. The number of ether oxygens (including phenoxy) is 1. The topological polar surface area (TPSA) is 35.2 Å². The minimum Gasteiger partial charge on any atom is -0.488 e. The van der Waals surface area contributed by atoms with Gasteiger partial charge in [-0.1, -0.05) is 0 Å². The first-order valence-electron chi connectivity index (χ1n) is 4.08. The van der Waals surface area contributed by atoms with Gasteiger partial charge in [-0.3, -0.25) is 0 Å². The molecule has 4 heteroatoms. The van der Waals surface area contributed by atoms with Crippen molar-refractivity contribution in [1.29, 1.82) is 0 Å². The zero-order valence-electron chi connectivity index (χ0n) is 6.89. The van der Waals surface area contributed by atoms with Crippen LogP contribution in [0.15, 0.2) is 12.1 Å². The van der Waals surface area contributed by atoms with Crippen LogP contribution in [-0.4, -0.2) is 6.10 Å². The number of rotatable bonds is 2. The molecule has 1 aromatic rings. The highest BCUT2D eigenvalue weighted by atomic mass is 127. The first-order chi connectivity index (χ1) is 6.16. The Morgan fingerprint density at radius 2 is 2.15 bits per heavy atom. The normalized spacial score (nSPS) is 15.8. The van der Waals surface area contributed by atoms with Gasteiger partial charge in [0.05, 0.1) is 15.4 Å². The van der Waals surface area contributed by atoms with Gasteiger partial charge < -0.3 is 10.5 Å². The van der Waals surface area contributed by atoms with Crippen LogP contribution in [0.1, 0.15) is 12.8 Å². The summed E-state index contributed by atoms with van der Waals surface area (Å²) in [6, 6.07) is 2.95. The number of halogens is 2. The van der Waals surface area contributed by atoms with Gasteiger partial charge in [0.25, 0.3) is 0 Å². The summed E-state index contributed by atoms with van der Waals surface area (Å²) in [5, 5.41) is 0. The lowest BCUT2D eigenvalue weighted by Crippen LogP contribution is -2.01. The summed E-state index contributed by atoms with van der Waals surface area (Å²) < 4.78 is 19.0. The van der Waals surface area contributed by atoms with Crippen molar-refractivity contribution in [2.24, 2.45) is 0 Å². The molecule has 0 radical (unpaired) electrons. The van der Waals surface area contributed by atoms with Gasteiger partial charge in [-0.25, -0.2) is 4.39 Å². The van der Waals surface area contributed by atoms with Crippen molar-refractivity contribution in [1.82, 2.24) is 0 Å². The first kappa shape index (κ1) is 9.05. The maximum absolute atomic E-state index is 13.1. The van der Waals surface area contributed by atoms with E-state index in [1.165, 1.54) is 6.07 Å². The van der Waals surface area contributed by atoms with Crippen LogP contribution in [0.2, 0.25) is 0 Å². The zero-order valence-corrected chi connectivity index (χ0v) is 9.05. The summed E-state index contributed by atoms with van der Waals surface area (Å²) in [6.45, 7) is 0. The van der Waals surface area contributed by atoms with Crippen LogP contribution in [0.5, 0.6) is 5.75 Å². The molecule has 2 N–H and O–H groups in total. The first-order valence-corrected chi connectivity index (χ1v) is 5.16. The molecule has 0 aliphatic heterocycles. The number of benzene rings is 1. The predicted octanol–water partition coefficient (Wildman–Crippen LogP) is 2.55. The molecule has 1 aliphatic rings. The molecular weight excluding hydrogens is 284 g/mol. The molecule has 0 atom stereocenters. The Balaban J connectivity index is 2.27. The highest BCUT2D eigenvalue weighted by Crippen LogP contribution is 2.32. The molecule has 0 heterocycles. The summed E-state index contributed by atoms with van der Waals surface area (Å²) in [7, 11) is 0. The van der Waals surface area contributed by atoms with E-state index in [1.54, 1.807) is 6.07 Å². The van der Waals surface area contributed by atoms with Gasteiger partial charge in [0.15, 0.2) is 0 Å². The van der Waals surface area contributed by atoms with E-state index in [2.05, 4.69) is 0 Å². The Hall–Kier alpha value is -0.520. The predicted molar refractivity (Wildman–Crippen MR) is 57.2 cm³/mol. The summed E-state index contributed by atoms with van der Waals surface area (Å²) in [6.07, 6.45) is 2.35. The second kappa shape index (κ2) is 3.32. The number of hydrogen-bond donors (Lipinski definition) is 1. The Bertz CT molecular complexity index is 339. The van der Waals surface area contributed by atoms with Gasteiger partial charge in [-0.15, -0.1) is 0 Å². The molecule has 0 aromatic heterocycles. The maximum Gasteiger partial charge on any atom is 0.145 e. The third-order valence-corrected chi connectivity index (χ3v) is 2.70. The quantitative estimate of drug-likeness (QED) is 0.672. The van der Waals surface area contributed by atoms with Gasteiger partial charge in [-0.05, 0) is 41.5 Å². The fraction of sp³-hybridized carbons (Fsp3) is 0.333. The van der Waals surface area contributed by atoms with E-state index in [0.29, 0.717) is 15.0 Å². The molecule has 0 amide bonds. The lowest BCUT2D eigenvalue weighted by Gasteiger charge is -2.08. The molecular formula is C9H9FINO. The van der Waals surface area contributed by atoms with Gasteiger partial charge in [0.1, 0.15) is 11.6 Å². The summed E-state index contributed by atoms with van der Waals surface area (Å²) >= 11 is 1.91. The molecule has 1 fully saturated rings. The summed E-state index contributed by atoms with van der Waals surface area (Å²) in [5.74, 6) is 0.200. The smallest absolute Gasteiger partial charge is 0.145 e. The van der Waals surface area contributed by atoms with Crippen molar-refractivity contribution in [2.45, 2.75) is 18.9 Å². The Morgan fingerprint density at radius 3 is 2.77 bits per heavy atom. The highest BCUT2D eigenvalue weighted by Gasteiger charge is 2.24. The standard InChI is InChI=1S/C9H9FINO/c10-6-3-9(13-5-1-2-5)8(12)4-7(6)11/h3-5H,1-2,12H2. The van der Waals surface area contributed by atoms with Crippen LogP contribution in [-0.2, 0) is 0 Å². The van der Waals surface area contributed by atoms with Crippen molar-refractivity contribution in [2.75, 3.05) is 5.73 Å². The lowest BCUT2D eigenvalue weighted by molar-refractivity contribution is 0.303. The van der Waals surface area contributed by atoms with Crippen LogP contribution in [0.4, 0.5) is 10.1 Å².